The van der Waals surface area contributed by atoms with Crippen molar-refractivity contribution in [1.82, 2.24) is 19.7 Å². The zero-order chi connectivity index (χ0) is 36.1. The Labute approximate surface area is 296 Å². The number of ether oxygens (including phenoxy) is 2. The molecule has 4 fully saturated rings. The van der Waals surface area contributed by atoms with Crippen LogP contribution >= 0.6 is 0 Å². The van der Waals surface area contributed by atoms with Crippen molar-refractivity contribution in [3.63, 3.8) is 0 Å². The first-order chi connectivity index (χ1) is 22.7. The summed E-state index contributed by atoms with van der Waals surface area (Å²) in [5, 5.41) is 15.8. The van der Waals surface area contributed by atoms with Crippen molar-refractivity contribution in [2.24, 2.45) is 62.6 Å². The molecule has 9 heteroatoms. The van der Waals surface area contributed by atoms with Gasteiger partial charge in [-0.05, 0) is 105 Å². The van der Waals surface area contributed by atoms with Crippen molar-refractivity contribution in [2.75, 3.05) is 39.6 Å². The number of fused-ring (bicyclic) bond motifs is 3. The fraction of sp³-hybridized carbons (Fsp3) is 0.875. The molecule has 276 valence electrons. The molecule has 12 atom stereocenters. The number of aromatic nitrogens is 3. The number of allylic oxidation sites excluding steroid dienone is 1. The molecular weight excluding hydrogens is 614 g/mol. The minimum atomic E-state index is -0.617. The molecule has 3 N–H and O–H groups in total. The Kier molecular flexibility index (Phi) is 9.05. The van der Waals surface area contributed by atoms with E-state index in [1.165, 1.54) is 5.57 Å². The van der Waals surface area contributed by atoms with E-state index in [9.17, 15) is 9.90 Å². The predicted octanol–water partition coefficient (Wildman–Crippen LogP) is 7.35. The van der Waals surface area contributed by atoms with E-state index in [1.54, 1.807) is 6.33 Å². The van der Waals surface area contributed by atoms with Crippen LogP contribution in [0.2, 0.25) is 0 Å². The standard InChI is InChI=1S/C40H67N5O4/c1-24(2)26(5)35(6)17-18-37(8)27-13-14-30-36(7)20-48-22-40(30,28(27)15-16-38(37,9)31(35)33(46)47)19-29(45-23-42-34(41)43-45)32(36)49-21-39(10,25(3)4)44(11)12/h15,23-27,29-32H,13-14,16-22H2,1-12H3,(H2,41,43)(H,46,47)/t26-,27+,29-,30+,31-,32+,35-,36-,37-,38+,39+,40+/m1/s1. The summed E-state index contributed by atoms with van der Waals surface area (Å²) in [7, 11) is 4.29. The number of likely N-dealkylation sites (N-methyl/N-ethyl adjacent to an activating group) is 1. The third kappa shape index (κ3) is 5.04. The number of carboxylic acids is 1. The summed E-state index contributed by atoms with van der Waals surface area (Å²) in [5.41, 5.74) is 6.39. The molecule has 3 saturated carbocycles. The smallest absolute Gasteiger partial charge is 0.307 e. The Hall–Kier alpha value is -1.97. The number of hydrogen-bond donors (Lipinski definition) is 2. The van der Waals surface area contributed by atoms with Crippen LogP contribution in [0.15, 0.2) is 18.0 Å². The van der Waals surface area contributed by atoms with Gasteiger partial charge in [-0.25, -0.2) is 9.67 Å². The summed E-state index contributed by atoms with van der Waals surface area (Å²) in [6.07, 6.45) is 9.99. The first-order valence-electron chi connectivity index (χ1n) is 19.2. The monoisotopic (exact) mass is 682 g/mol. The molecule has 0 radical (unpaired) electrons. The highest BCUT2D eigenvalue weighted by Crippen LogP contribution is 2.75. The number of rotatable bonds is 9. The van der Waals surface area contributed by atoms with Crippen LogP contribution in [0.25, 0.3) is 0 Å². The Morgan fingerprint density at radius 2 is 1.82 bits per heavy atom. The van der Waals surface area contributed by atoms with Gasteiger partial charge in [-0.1, -0.05) is 74.0 Å². The van der Waals surface area contributed by atoms with Gasteiger partial charge in [-0.2, -0.15) is 0 Å². The number of nitrogen functional groups attached to an aromatic ring is 1. The Balaban J connectivity index is 1.44. The highest BCUT2D eigenvalue weighted by molar-refractivity contribution is 5.73. The number of nitrogens with zero attached hydrogens (tertiary/aromatic N) is 4. The number of carboxylic acid groups (broad SMARTS) is 1. The van der Waals surface area contributed by atoms with Crippen LogP contribution < -0.4 is 5.73 Å². The average molecular weight is 682 g/mol. The topological polar surface area (TPSA) is 116 Å². The number of hydrogen-bond acceptors (Lipinski definition) is 7. The second-order valence-electron chi connectivity index (χ2n) is 19.3. The maximum atomic E-state index is 13.5. The fourth-order valence-electron chi connectivity index (χ4n) is 12.7. The van der Waals surface area contributed by atoms with Gasteiger partial charge in [-0.15, -0.1) is 5.10 Å². The van der Waals surface area contributed by atoms with Gasteiger partial charge < -0.3 is 25.2 Å². The SMILES string of the molecule is CC(C)[C@@H](C)[C@@]1(C)CC[C@]2(C)[C@H]3CC[C@@H]4[C@@]5(COC[C@@]4(C)[C@@H](OC[C@@](C)(C(C)C)N(C)C)[C@H](n4cnc(N)n4)C5)C3=CC[C@@]2(C)[C@@H]1C(=O)O. The molecule has 5 aliphatic rings. The summed E-state index contributed by atoms with van der Waals surface area (Å²) < 4.78 is 15.9. The highest BCUT2D eigenvalue weighted by atomic mass is 16.5. The van der Waals surface area contributed by atoms with Crippen molar-refractivity contribution in [3.8, 4) is 0 Å². The first kappa shape index (κ1) is 36.8. The van der Waals surface area contributed by atoms with Gasteiger partial charge in [0.15, 0.2) is 0 Å². The maximum Gasteiger partial charge on any atom is 0.307 e. The molecule has 0 unspecified atom stereocenters. The quantitative estimate of drug-likeness (QED) is 0.260. The highest BCUT2D eigenvalue weighted by Gasteiger charge is 2.72. The van der Waals surface area contributed by atoms with Gasteiger partial charge in [-0.3, -0.25) is 4.79 Å². The lowest BCUT2D eigenvalue weighted by Gasteiger charge is -2.71. The molecule has 6 rings (SSSR count). The minimum absolute atomic E-state index is 0.0532. The normalized spacial score (nSPS) is 43.7. The molecule has 1 aromatic rings. The summed E-state index contributed by atoms with van der Waals surface area (Å²) >= 11 is 0. The minimum Gasteiger partial charge on any atom is -0.481 e. The van der Waals surface area contributed by atoms with E-state index >= 15 is 0 Å². The Morgan fingerprint density at radius 1 is 1.12 bits per heavy atom. The molecule has 1 aromatic heterocycles. The van der Waals surface area contributed by atoms with Gasteiger partial charge in [0, 0.05) is 16.4 Å². The summed E-state index contributed by atoms with van der Waals surface area (Å²) in [6, 6.07) is -0.0532. The number of anilines is 1. The average Bonchev–Trinajstić information content (AvgIpc) is 3.45. The molecule has 0 spiro atoms. The van der Waals surface area contributed by atoms with Crippen molar-refractivity contribution >= 4 is 11.9 Å². The molecule has 9 nitrogen and oxygen atoms in total. The van der Waals surface area contributed by atoms with E-state index in [4.69, 9.17) is 20.3 Å². The number of nitrogens with two attached hydrogens (primary N) is 1. The van der Waals surface area contributed by atoms with Gasteiger partial charge in [0.05, 0.1) is 37.9 Å². The van der Waals surface area contributed by atoms with Gasteiger partial charge >= 0.3 is 5.97 Å². The summed E-state index contributed by atoms with van der Waals surface area (Å²) in [4.78, 5) is 20.2. The molecule has 2 bridgehead atoms. The first-order valence-corrected chi connectivity index (χ1v) is 19.2. The zero-order valence-corrected chi connectivity index (χ0v) is 32.7. The second-order valence-corrected chi connectivity index (χ2v) is 19.3. The molecular formula is C40H67N5O4. The zero-order valence-electron chi connectivity index (χ0n) is 32.7. The van der Waals surface area contributed by atoms with Crippen molar-refractivity contribution in [1.29, 1.82) is 0 Å². The number of aliphatic carboxylic acids is 1. The molecule has 4 aliphatic carbocycles. The predicted molar refractivity (Wildman–Crippen MR) is 194 cm³/mol. The molecule has 1 saturated heterocycles. The second kappa shape index (κ2) is 12.0. The van der Waals surface area contributed by atoms with Crippen molar-refractivity contribution < 1.29 is 19.4 Å². The van der Waals surface area contributed by atoms with E-state index in [2.05, 4.69) is 99.3 Å². The van der Waals surface area contributed by atoms with Crippen LogP contribution in [0.5, 0.6) is 0 Å². The van der Waals surface area contributed by atoms with Gasteiger partial charge in [0.25, 0.3) is 0 Å². The maximum absolute atomic E-state index is 13.5. The third-order valence-electron chi connectivity index (χ3n) is 16.8. The Bertz CT molecular complexity index is 1450. The third-order valence-corrected chi connectivity index (χ3v) is 16.8. The number of carbonyl (C=O) groups is 1. The fourth-order valence-corrected chi connectivity index (χ4v) is 12.7. The van der Waals surface area contributed by atoms with E-state index in [1.807, 2.05) is 4.68 Å². The summed E-state index contributed by atoms with van der Waals surface area (Å²) in [5.74, 6) is 1.11. The lowest BCUT2D eigenvalue weighted by molar-refractivity contribution is -0.255. The van der Waals surface area contributed by atoms with Gasteiger partial charge in [0.1, 0.15) is 6.33 Å². The van der Waals surface area contributed by atoms with E-state index in [0.717, 1.165) is 38.5 Å². The largest absolute Gasteiger partial charge is 0.481 e. The molecule has 0 amide bonds. The lowest BCUT2D eigenvalue weighted by atomic mass is 9.34. The summed E-state index contributed by atoms with van der Waals surface area (Å²) in [6.45, 7) is 25.0. The van der Waals surface area contributed by atoms with Crippen LogP contribution in [0.4, 0.5) is 5.95 Å². The van der Waals surface area contributed by atoms with Crippen LogP contribution in [0.3, 0.4) is 0 Å². The van der Waals surface area contributed by atoms with Crippen LogP contribution in [0, 0.1) is 62.6 Å². The van der Waals surface area contributed by atoms with E-state index in [0.29, 0.717) is 49.4 Å². The molecule has 49 heavy (non-hydrogen) atoms. The van der Waals surface area contributed by atoms with Gasteiger partial charge in [0.2, 0.25) is 5.95 Å². The van der Waals surface area contributed by atoms with Crippen molar-refractivity contribution in [3.05, 3.63) is 18.0 Å². The lowest BCUT2D eigenvalue weighted by Crippen LogP contribution is -2.69. The van der Waals surface area contributed by atoms with Crippen LogP contribution in [0.1, 0.15) is 114 Å². The van der Waals surface area contributed by atoms with E-state index in [-0.39, 0.29) is 50.7 Å². The van der Waals surface area contributed by atoms with Crippen molar-refractivity contribution in [2.45, 2.75) is 125 Å². The molecule has 1 aliphatic heterocycles. The van der Waals surface area contributed by atoms with Crippen LogP contribution in [-0.4, -0.2) is 76.3 Å². The Morgan fingerprint density at radius 3 is 2.39 bits per heavy atom. The molecule has 2 heterocycles. The van der Waals surface area contributed by atoms with Crippen LogP contribution in [-0.2, 0) is 14.3 Å². The molecule has 0 aromatic carbocycles. The van der Waals surface area contributed by atoms with E-state index < -0.39 is 11.9 Å².